The number of methoxy groups -OCH3 is 1. The predicted octanol–water partition coefficient (Wildman–Crippen LogP) is 4.14. The third-order valence-corrected chi connectivity index (χ3v) is 6.73. The number of aromatic nitrogens is 4. The third-order valence-electron chi connectivity index (χ3n) is 6.73. The molecule has 0 atom stereocenters. The van der Waals surface area contributed by atoms with Crippen LogP contribution in [-0.4, -0.2) is 58.2 Å². The Morgan fingerprint density at radius 3 is 2.42 bits per heavy atom. The smallest absolute Gasteiger partial charge is 0.159 e. The average molecular weight is 443 g/mol. The highest BCUT2D eigenvalue weighted by Gasteiger charge is 2.26. The fraction of sp³-hybridized carbons (Fsp3) is 0.346. The van der Waals surface area contributed by atoms with Gasteiger partial charge in [-0.3, -0.25) is 9.58 Å². The Balaban J connectivity index is 1.33. The number of fused-ring (bicyclic) bond motifs is 1. The number of ether oxygens (including phenoxy) is 1. The Bertz CT molecular complexity index is 1240. The van der Waals surface area contributed by atoms with E-state index in [1.165, 1.54) is 5.56 Å². The molecule has 1 fully saturated rings. The van der Waals surface area contributed by atoms with Crippen molar-refractivity contribution in [1.29, 1.82) is 0 Å². The maximum Gasteiger partial charge on any atom is 0.159 e. The lowest BCUT2D eigenvalue weighted by molar-refractivity contribution is 0.198. The third kappa shape index (κ3) is 4.16. The van der Waals surface area contributed by atoms with Crippen molar-refractivity contribution in [2.45, 2.75) is 25.4 Å². The summed E-state index contributed by atoms with van der Waals surface area (Å²) in [4.78, 5) is 4.83. The van der Waals surface area contributed by atoms with Crippen LogP contribution in [0.1, 0.15) is 18.4 Å². The standard InChI is InChI=1S/C26H30N6O/c1-30(18-19-8-4-7-11-24(19)33-3)20-13-16-32(17-14-20)26-22-10-6-5-9-21(22)25(28-29-26)23-12-15-27-31(23)2/h4-12,15,20H,13-14,16-18H2,1-3H3. The fourth-order valence-electron chi connectivity index (χ4n) is 4.87. The van der Waals surface area contributed by atoms with Gasteiger partial charge in [-0.25, -0.2) is 0 Å². The van der Waals surface area contributed by atoms with Crippen LogP contribution >= 0.6 is 0 Å². The first kappa shape index (κ1) is 21.4. The van der Waals surface area contributed by atoms with Gasteiger partial charge >= 0.3 is 0 Å². The molecule has 0 saturated carbocycles. The van der Waals surface area contributed by atoms with Gasteiger partial charge in [0.15, 0.2) is 5.82 Å². The SMILES string of the molecule is COc1ccccc1CN(C)C1CCN(c2nnc(-c3ccnn3C)c3ccccc23)CC1. The van der Waals surface area contributed by atoms with Crippen molar-refractivity contribution >= 4 is 16.6 Å². The van der Waals surface area contributed by atoms with E-state index in [0.29, 0.717) is 6.04 Å². The normalized spacial score (nSPS) is 14.8. The van der Waals surface area contributed by atoms with E-state index in [4.69, 9.17) is 9.84 Å². The summed E-state index contributed by atoms with van der Waals surface area (Å²) in [5.74, 6) is 1.93. The topological polar surface area (TPSA) is 59.3 Å². The van der Waals surface area contributed by atoms with Crippen molar-refractivity contribution in [3.63, 3.8) is 0 Å². The van der Waals surface area contributed by atoms with Gasteiger partial charge in [-0.1, -0.05) is 42.5 Å². The average Bonchev–Trinajstić information content (AvgIpc) is 3.29. The van der Waals surface area contributed by atoms with E-state index in [1.54, 1.807) is 13.3 Å². The van der Waals surface area contributed by atoms with Crippen LogP contribution < -0.4 is 9.64 Å². The Morgan fingerprint density at radius 2 is 1.70 bits per heavy atom. The van der Waals surface area contributed by atoms with E-state index in [9.17, 15) is 0 Å². The maximum absolute atomic E-state index is 5.54. The minimum absolute atomic E-state index is 0.527. The molecule has 0 spiro atoms. The number of hydrogen-bond acceptors (Lipinski definition) is 6. The molecule has 4 aromatic rings. The summed E-state index contributed by atoms with van der Waals surface area (Å²) >= 11 is 0. The van der Waals surface area contributed by atoms with Crippen LogP contribution in [0, 0.1) is 0 Å². The van der Waals surface area contributed by atoms with Crippen LogP contribution in [-0.2, 0) is 13.6 Å². The highest BCUT2D eigenvalue weighted by atomic mass is 16.5. The predicted molar refractivity (Wildman–Crippen MR) is 131 cm³/mol. The molecule has 0 amide bonds. The lowest BCUT2D eigenvalue weighted by Gasteiger charge is -2.37. The van der Waals surface area contributed by atoms with E-state index in [-0.39, 0.29) is 0 Å². The number of aryl methyl sites for hydroxylation is 1. The molecule has 3 heterocycles. The quantitative estimate of drug-likeness (QED) is 0.447. The summed E-state index contributed by atoms with van der Waals surface area (Å²) in [6.07, 6.45) is 3.97. The monoisotopic (exact) mass is 442 g/mol. The molecule has 1 aliphatic rings. The molecule has 0 radical (unpaired) electrons. The molecule has 33 heavy (non-hydrogen) atoms. The largest absolute Gasteiger partial charge is 0.496 e. The van der Waals surface area contributed by atoms with Gasteiger partial charge in [0.25, 0.3) is 0 Å². The Labute approximate surface area is 194 Å². The zero-order valence-electron chi connectivity index (χ0n) is 19.5. The molecule has 7 nitrogen and oxygen atoms in total. The summed E-state index contributed by atoms with van der Waals surface area (Å²) in [6.45, 7) is 2.81. The first-order valence-corrected chi connectivity index (χ1v) is 11.5. The Kier molecular flexibility index (Phi) is 5.96. The number of para-hydroxylation sites is 1. The van der Waals surface area contributed by atoms with Gasteiger partial charge in [-0.05, 0) is 32.0 Å². The van der Waals surface area contributed by atoms with Crippen LogP contribution in [0.2, 0.25) is 0 Å². The Hall–Kier alpha value is -3.45. The van der Waals surface area contributed by atoms with Crippen LogP contribution in [0.4, 0.5) is 5.82 Å². The second kappa shape index (κ2) is 9.19. The van der Waals surface area contributed by atoms with Crippen molar-refractivity contribution in [2.24, 2.45) is 7.05 Å². The van der Waals surface area contributed by atoms with Gasteiger partial charge in [0.05, 0.1) is 12.8 Å². The van der Waals surface area contributed by atoms with Crippen molar-refractivity contribution in [2.75, 3.05) is 32.1 Å². The van der Waals surface area contributed by atoms with Crippen molar-refractivity contribution < 1.29 is 4.74 Å². The first-order chi connectivity index (χ1) is 16.2. The molecular weight excluding hydrogens is 412 g/mol. The van der Waals surface area contributed by atoms with E-state index in [0.717, 1.165) is 66.2 Å². The molecule has 0 unspecified atom stereocenters. The molecule has 1 aliphatic heterocycles. The van der Waals surface area contributed by atoms with Crippen LogP contribution in [0.15, 0.2) is 60.8 Å². The molecule has 0 N–H and O–H groups in total. The molecule has 2 aromatic heterocycles. The molecule has 7 heteroatoms. The fourth-order valence-corrected chi connectivity index (χ4v) is 4.87. The molecule has 0 bridgehead atoms. The number of anilines is 1. The number of nitrogens with zero attached hydrogens (tertiary/aromatic N) is 6. The lowest BCUT2D eigenvalue weighted by Crippen LogP contribution is -2.43. The molecule has 0 aliphatic carbocycles. The van der Waals surface area contributed by atoms with Crippen molar-refractivity contribution in [1.82, 2.24) is 24.9 Å². The molecule has 5 rings (SSSR count). The minimum Gasteiger partial charge on any atom is -0.496 e. The second-order valence-corrected chi connectivity index (χ2v) is 8.70. The summed E-state index contributed by atoms with van der Waals surface area (Å²) in [7, 11) is 5.89. The molecule has 2 aromatic carbocycles. The lowest BCUT2D eigenvalue weighted by atomic mass is 10.0. The van der Waals surface area contributed by atoms with E-state index in [1.807, 2.05) is 29.9 Å². The van der Waals surface area contributed by atoms with Gasteiger partial charge < -0.3 is 9.64 Å². The second-order valence-electron chi connectivity index (χ2n) is 8.70. The van der Waals surface area contributed by atoms with Gasteiger partial charge in [0.1, 0.15) is 11.4 Å². The number of rotatable bonds is 6. The van der Waals surface area contributed by atoms with E-state index < -0.39 is 0 Å². The van der Waals surface area contributed by atoms with Gasteiger partial charge in [0, 0.05) is 55.3 Å². The van der Waals surface area contributed by atoms with E-state index >= 15 is 0 Å². The van der Waals surface area contributed by atoms with Crippen LogP contribution in [0.25, 0.3) is 22.2 Å². The van der Waals surface area contributed by atoms with Gasteiger partial charge in [0.2, 0.25) is 0 Å². The number of piperidine rings is 1. The Morgan fingerprint density at radius 1 is 0.970 bits per heavy atom. The summed E-state index contributed by atoms with van der Waals surface area (Å²) in [5.41, 5.74) is 3.08. The molecular formula is C26H30N6O. The van der Waals surface area contributed by atoms with Crippen molar-refractivity contribution in [3.05, 3.63) is 66.4 Å². The van der Waals surface area contributed by atoms with Gasteiger partial charge in [-0.2, -0.15) is 5.10 Å². The zero-order valence-corrected chi connectivity index (χ0v) is 19.5. The highest BCUT2D eigenvalue weighted by molar-refractivity contribution is 5.99. The number of hydrogen-bond donors (Lipinski definition) is 0. The maximum atomic E-state index is 5.54. The highest BCUT2D eigenvalue weighted by Crippen LogP contribution is 2.33. The van der Waals surface area contributed by atoms with Gasteiger partial charge in [-0.15, -0.1) is 10.2 Å². The molecule has 170 valence electrons. The molecule has 1 saturated heterocycles. The first-order valence-electron chi connectivity index (χ1n) is 11.5. The van der Waals surface area contributed by atoms with Crippen molar-refractivity contribution in [3.8, 4) is 17.1 Å². The summed E-state index contributed by atoms with van der Waals surface area (Å²) in [5, 5.41) is 15.9. The summed E-state index contributed by atoms with van der Waals surface area (Å²) < 4.78 is 7.38. The van der Waals surface area contributed by atoms with E-state index in [2.05, 4.69) is 63.4 Å². The van der Waals surface area contributed by atoms with Crippen LogP contribution in [0.3, 0.4) is 0 Å². The van der Waals surface area contributed by atoms with Crippen LogP contribution in [0.5, 0.6) is 5.75 Å². The summed E-state index contributed by atoms with van der Waals surface area (Å²) in [6, 6.07) is 19.2. The zero-order chi connectivity index (χ0) is 22.8. The number of benzene rings is 2. The minimum atomic E-state index is 0.527.